The first-order valence-electron chi connectivity index (χ1n) is 5.80. The molecule has 0 saturated carbocycles. The SMILES string of the molecule is OCOC1=C(O)C(O)=C(O)C(O)(c2cccc(CBr)c2)O1. The highest BCUT2D eigenvalue weighted by atomic mass is 79.9. The average molecular weight is 361 g/mol. The van der Waals surface area contributed by atoms with E-state index < -0.39 is 35.8 Å². The normalized spacial score (nSPS) is 22.2. The quantitative estimate of drug-likeness (QED) is 0.410. The van der Waals surface area contributed by atoms with E-state index >= 15 is 0 Å². The summed E-state index contributed by atoms with van der Waals surface area (Å²) in [6.45, 7) is -0.856. The van der Waals surface area contributed by atoms with Gasteiger partial charge in [-0.1, -0.05) is 34.1 Å². The highest BCUT2D eigenvalue weighted by Gasteiger charge is 2.46. The molecule has 7 nitrogen and oxygen atoms in total. The molecule has 1 aromatic carbocycles. The number of alkyl halides is 1. The fourth-order valence-electron chi connectivity index (χ4n) is 1.82. The highest BCUT2D eigenvalue weighted by Crippen LogP contribution is 2.39. The van der Waals surface area contributed by atoms with Crippen molar-refractivity contribution in [3.05, 3.63) is 58.6 Å². The van der Waals surface area contributed by atoms with Crippen LogP contribution in [0.2, 0.25) is 0 Å². The van der Waals surface area contributed by atoms with Gasteiger partial charge in [0.25, 0.3) is 0 Å². The first kappa shape index (κ1) is 15.5. The van der Waals surface area contributed by atoms with Crippen LogP contribution in [0.25, 0.3) is 0 Å². The van der Waals surface area contributed by atoms with Crippen molar-refractivity contribution in [1.82, 2.24) is 0 Å². The largest absolute Gasteiger partial charge is 0.503 e. The maximum absolute atomic E-state index is 10.5. The molecule has 0 fully saturated rings. The molecule has 1 aliphatic rings. The predicted octanol–water partition coefficient (Wildman–Crippen LogP) is 1.78. The Labute approximate surface area is 128 Å². The molecular formula is C13H13BrO7. The van der Waals surface area contributed by atoms with Crippen LogP contribution in [0, 0.1) is 0 Å². The van der Waals surface area contributed by atoms with E-state index in [1.165, 1.54) is 12.1 Å². The van der Waals surface area contributed by atoms with Crippen molar-refractivity contribution in [3.63, 3.8) is 0 Å². The van der Waals surface area contributed by atoms with Gasteiger partial charge in [-0.25, -0.2) is 0 Å². The number of hydrogen-bond donors (Lipinski definition) is 5. The van der Waals surface area contributed by atoms with Gasteiger partial charge in [0.1, 0.15) is 0 Å². The van der Waals surface area contributed by atoms with Crippen molar-refractivity contribution in [3.8, 4) is 0 Å². The van der Waals surface area contributed by atoms with Crippen molar-refractivity contribution in [2.24, 2.45) is 0 Å². The van der Waals surface area contributed by atoms with Gasteiger partial charge in [-0.15, -0.1) is 0 Å². The number of aliphatic hydroxyl groups excluding tert-OH is 4. The molecule has 0 bridgehead atoms. The molecule has 1 aliphatic heterocycles. The Bertz CT molecular complexity index is 610. The second kappa shape index (κ2) is 5.84. The zero-order chi connectivity index (χ0) is 15.6. The van der Waals surface area contributed by atoms with Crippen LogP contribution in [-0.2, 0) is 20.6 Å². The van der Waals surface area contributed by atoms with E-state index in [1.807, 2.05) is 0 Å². The summed E-state index contributed by atoms with van der Waals surface area (Å²) in [7, 11) is 0. The van der Waals surface area contributed by atoms with Crippen LogP contribution in [0.5, 0.6) is 0 Å². The molecule has 1 unspecified atom stereocenters. The maximum Gasteiger partial charge on any atom is 0.332 e. The van der Waals surface area contributed by atoms with E-state index in [1.54, 1.807) is 12.1 Å². The fourth-order valence-corrected chi connectivity index (χ4v) is 2.17. The third-order valence-corrected chi connectivity index (χ3v) is 3.52. The summed E-state index contributed by atoms with van der Waals surface area (Å²) in [5.74, 6) is -6.07. The summed E-state index contributed by atoms with van der Waals surface area (Å²) in [6, 6.07) is 6.36. The summed E-state index contributed by atoms with van der Waals surface area (Å²) < 4.78 is 9.59. The molecule has 0 aliphatic carbocycles. The van der Waals surface area contributed by atoms with Crippen LogP contribution in [0.3, 0.4) is 0 Å². The van der Waals surface area contributed by atoms with E-state index in [9.17, 15) is 20.4 Å². The Kier molecular flexibility index (Phi) is 4.31. The molecule has 2 rings (SSSR count). The van der Waals surface area contributed by atoms with Gasteiger partial charge < -0.3 is 35.0 Å². The van der Waals surface area contributed by atoms with Gasteiger partial charge in [-0.2, -0.15) is 0 Å². The van der Waals surface area contributed by atoms with E-state index in [0.717, 1.165) is 5.56 Å². The second-order valence-electron chi connectivity index (χ2n) is 4.19. The van der Waals surface area contributed by atoms with Gasteiger partial charge in [0.15, 0.2) is 6.79 Å². The molecule has 1 heterocycles. The van der Waals surface area contributed by atoms with Crippen molar-refractivity contribution in [2.45, 2.75) is 11.1 Å². The van der Waals surface area contributed by atoms with Crippen molar-refractivity contribution < 1.29 is 35.0 Å². The Morgan fingerprint density at radius 2 is 1.90 bits per heavy atom. The first-order chi connectivity index (χ1) is 9.93. The van der Waals surface area contributed by atoms with Crippen LogP contribution >= 0.6 is 15.9 Å². The molecule has 8 heteroatoms. The van der Waals surface area contributed by atoms with Crippen molar-refractivity contribution in [2.75, 3.05) is 6.79 Å². The van der Waals surface area contributed by atoms with Gasteiger partial charge in [0.05, 0.1) is 0 Å². The second-order valence-corrected chi connectivity index (χ2v) is 4.75. The van der Waals surface area contributed by atoms with Gasteiger partial charge in [0.2, 0.25) is 17.3 Å². The molecule has 1 aromatic rings. The molecule has 0 spiro atoms. The monoisotopic (exact) mass is 360 g/mol. The van der Waals surface area contributed by atoms with Crippen molar-refractivity contribution >= 4 is 15.9 Å². The molecule has 0 amide bonds. The van der Waals surface area contributed by atoms with E-state index in [0.29, 0.717) is 5.33 Å². The lowest BCUT2D eigenvalue weighted by molar-refractivity contribution is -0.226. The summed E-state index contributed by atoms with van der Waals surface area (Å²) >= 11 is 3.25. The molecular weight excluding hydrogens is 348 g/mol. The fraction of sp³-hybridized carbons (Fsp3) is 0.231. The number of rotatable bonds is 4. The molecule has 114 valence electrons. The van der Waals surface area contributed by atoms with E-state index in [-0.39, 0.29) is 5.56 Å². The minimum atomic E-state index is -2.45. The van der Waals surface area contributed by atoms with Crippen LogP contribution in [0.15, 0.2) is 47.5 Å². The topological polar surface area (TPSA) is 120 Å². The standard InChI is InChI=1S/C13H13BrO7/c14-5-7-2-1-3-8(4-7)13(19)11(18)9(16)10(17)12(21-13)20-6-15/h1-4,15-19H,5-6H2. The zero-order valence-corrected chi connectivity index (χ0v) is 12.2. The summed E-state index contributed by atoms with van der Waals surface area (Å²) in [6.07, 6.45) is 0. The van der Waals surface area contributed by atoms with Crippen LogP contribution in [-0.4, -0.2) is 32.3 Å². The van der Waals surface area contributed by atoms with Crippen LogP contribution in [0.4, 0.5) is 0 Å². The van der Waals surface area contributed by atoms with Crippen LogP contribution in [0.1, 0.15) is 11.1 Å². The van der Waals surface area contributed by atoms with Gasteiger partial charge in [-0.05, 0) is 11.6 Å². The Morgan fingerprint density at radius 1 is 1.19 bits per heavy atom. The van der Waals surface area contributed by atoms with Crippen LogP contribution < -0.4 is 0 Å². The summed E-state index contributed by atoms with van der Waals surface area (Å²) in [5.41, 5.74) is 0.884. The molecule has 0 radical (unpaired) electrons. The van der Waals surface area contributed by atoms with Gasteiger partial charge >= 0.3 is 11.7 Å². The summed E-state index contributed by atoms with van der Waals surface area (Å²) in [4.78, 5) is 0. The molecule has 5 N–H and O–H groups in total. The van der Waals surface area contributed by atoms with E-state index in [4.69, 9.17) is 9.84 Å². The van der Waals surface area contributed by atoms with Gasteiger partial charge in [-0.3, -0.25) is 0 Å². The number of ether oxygens (including phenoxy) is 2. The maximum atomic E-state index is 10.5. The number of hydrogen-bond acceptors (Lipinski definition) is 7. The highest BCUT2D eigenvalue weighted by molar-refractivity contribution is 9.08. The third kappa shape index (κ3) is 2.65. The molecule has 0 saturated heterocycles. The molecule has 1 atom stereocenters. The minimum absolute atomic E-state index is 0.107. The number of benzene rings is 1. The number of halogens is 1. The molecule has 21 heavy (non-hydrogen) atoms. The lowest BCUT2D eigenvalue weighted by Crippen LogP contribution is -2.37. The van der Waals surface area contributed by atoms with Gasteiger partial charge in [0, 0.05) is 10.9 Å². The average Bonchev–Trinajstić information content (AvgIpc) is 2.51. The summed E-state index contributed by atoms with van der Waals surface area (Å²) in [5, 5.41) is 48.8. The molecule has 0 aromatic heterocycles. The van der Waals surface area contributed by atoms with Crippen molar-refractivity contribution in [1.29, 1.82) is 0 Å². The zero-order valence-electron chi connectivity index (χ0n) is 10.7. The predicted molar refractivity (Wildman–Crippen MR) is 74.2 cm³/mol. The third-order valence-electron chi connectivity index (χ3n) is 2.87. The Morgan fingerprint density at radius 3 is 2.52 bits per heavy atom. The smallest absolute Gasteiger partial charge is 0.332 e. The first-order valence-corrected chi connectivity index (χ1v) is 6.93. The number of aliphatic hydroxyl groups is 5. The van der Waals surface area contributed by atoms with E-state index in [2.05, 4.69) is 20.7 Å². The minimum Gasteiger partial charge on any atom is -0.503 e. The lowest BCUT2D eigenvalue weighted by atomic mass is 9.99. The Hall–Kier alpha value is -1.90. The Balaban J connectivity index is 2.52. The lowest BCUT2D eigenvalue weighted by Gasteiger charge is -2.32.